The van der Waals surface area contributed by atoms with E-state index in [1.165, 1.54) is 4.70 Å². The molecule has 3 aromatic heterocycles. The quantitative estimate of drug-likeness (QED) is 0.366. The van der Waals surface area contributed by atoms with Gasteiger partial charge >= 0.3 is 0 Å². The summed E-state index contributed by atoms with van der Waals surface area (Å²) in [5.74, 6) is 2.09. The highest BCUT2D eigenvalue weighted by Gasteiger charge is 2.12. The molecule has 1 saturated heterocycles. The largest absolute Gasteiger partial charge is 0.378 e. The van der Waals surface area contributed by atoms with Gasteiger partial charge in [0.15, 0.2) is 0 Å². The van der Waals surface area contributed by atoms with Crippen molar-refractivity contribution in [3.8, 4) is 10.6 Å². The maximum atomic E-state index is 5.25. The first-order valence-electron chi connectivity index (χ1n) is 13.2. The number of ether oxygens (including phenoxy) is 1. The van der Waals surface area contributed by atoms with Crippen LogP contribution in [-0.2, 0) is 4.74 Å². The summed E-state index contributed by atoms with van der Waals surface area (Å²) in [4.78, 5) is 18.8. The molecule has 7 nitrogen and oxygen atoms in total. The highest BCUT2D eigenvalue weighted by Crippen LogP contribution is 2.32. The van der Waals surface area contributed by atoms with E-state index in [0.29, 0.717) is 6.04 Å². The van der Waals surface area contributed by atoms with Gasteiger partial charge in [-0.05, 0) is 38.3 Å². The third-order valence-electron chi connectivity index (χ3n) is 5.43. The first kappa shape index (κ1) is 28.9. The number of fused-ring (bicyclic) bond motifs is 1. The third-order valence-corrected chi connectivity index (χ3v) is 6.50. The molecule has 0 radical (unpaired) electrons. The monoisotopic (exact) mass is 500 g/mol. The van der Waals surface area contributed by atoms with E-state index in [1.54, 1.807) is 11.3 Å². The lowest BCUT2D eigenvalue weighted by Gasteiger charge is -2.22. The van der Waals surface area contributed by atoms with Crippen LogP contribution < -0.4 is 15.5 Å². The van der Waals surface area contributed by atoms with Crippen LogP contribution in [0.2, 0.25) is 0 Å². The van der Waals surface area contributed by atoms with Crippen molar-refractivity contribution in [1.82, 2.24) is 15.0 Å². The number of pyridine rings is 2. The topological polar surface area (TPSA) is 80.4 Å². The summed E-state index contributed by atoms with van der Waals surface area (Å²) in [6.07, 6.45) is 7.23. The van der Waals surface area contributed by atoms with E-state index in [2.05, 4.69) is 60.7 Å². The van der Waals surface area contributed by atoms with Gasteiger partial charge in [0.25, 0.3) is 0 Å². The summed E-state index contributed by atoms with van der Waals surface area (Å²) in [5, 5.41) is 1.00. The van der Waals surface area contributed by atoms with Crippen LogP contribution in [-0.4, -0.2) is 60.4 Å². The first-order valence-corrected chi connectivity index (χ1v) is 14.0. The second-order valence-corrected chi connectivity index (χ2v) is 9.33. The number of nitrogens with zero attached hydrogens (tertiary/aromatic N) is 5. The van der Waals surface area contributed by atoms with Crippen LogP contribution in [0.4, 0.5) is 11.6 Å². The molecule has 2 N–H and O–H groups in total. The van der Waals surface area contributed by atoms with Gasteiger partial charge in [0.2, 0.25) is 0 Å². The molecule has 1 aliphatic rings. The average Bonchev–Trinajstić information content (AvgIpc) is 3.31. The number of anilines is 2. The van der Waals surface area contributed by atoms with E-state index >= 15 is 0 Å². The Hall–Kier alpha value is -2.29. The van der Waals surface area contributed by atoms with Crippen LogP contribution in [0, 0.1) is 0 Å². The molecule has 0 aromatic carbocycles. The van der Waals surface area contributed by atoms with Crippen molar-refractivity contribution in [2.45, 2.75) is 66.8 Å². The Morgan fingerprint density at radius 2 is 1.51 bits per heavy atom. The molecule has 8 heteroatoms. The Balaban J connectivity index is 0.000000538. The maximum Gasteiger partial charge on any atom is 0.130 e. The van der Waals surface area contributed by atoms with E-state index in [0.717, 1.165) is 86.4 Å². The summed E-state index contributed by atoms with van der Waals surface area (Å²) in [6, 6.07) is 6.77. The van der Waals surface area contributed by atoms with Crippen molar-refractivity contribution >= 4 is 33.2 Å². The van der Waals surface area contributed by atoms with E-state index in [-0.39, 0.29) is 0 Å². The van der Waals surface area contributed by atoms with Gasteiger partial charge in [0.1, 0.15) is 22.2 Å². The number of hydrogen-bond acceptors (Lipinski definition) is 8. The molecule has 0 amide bonds. The van der Waals surface area contributed by atoms with Crippen molar-refractivity contribution in [3.63, 3.8) is 0 Å². The highest BCUT2D eigenvalue weighted by molar-refractivity contribution is 7.21. The van der Waals surface area contributed by atoms with Gasteiger partial charge in [0.05, 0.1) is 30.2 Å². The van der Waals surface area contributed by atoms with E-state index in [1.807, 2.05) is 26.2 Å². The molecule has 3 aromatic rings. The zero-order valence-corrected chi connectivity index (χ0v) is 23.3. The Morgan fingerprint density at radius 1 is 0.914 bits per heavy atom. The Morgan fingerprint density at radius 3 is 2.00 bits per heavy atom. The second-order valence-electron chi connectivity index (χ2n) is 8.30. The fourth-order valence-electron chi connectivity index (χ4n) is 3.66. The predicted octanol–water partition coefficient (Wildman–Crippen LogP) is 5.99. The van der Waals surface area contributed by atoms with Crippen molar-refractivity contribution in [3.05, 3.63) is 30.6 Å². The molecular weight excluding hydrogens is 456 g/mol. The molecule has 1 fully saturated rings. The molecule has 0 aliphatic carbocycles. The molecule has 0 unspecified atom stereocenters. The minimum atomic E-state index is 0.343. The van der Waals surface area contributed by atoms with Crippen molar-refractivity contribution < 1.29 is 4.74 Å². The maximum absolute atomic E-state index is 5.25. The summed E-state index contributed by atoms with van der Waals surface area (Å²) in [5.41, 5.74) is 7.28. The molecule has 1 aliphatic heterocycles. The van der Waals surface area contributed by atoms with Crippen LogP contribution in [0.25, 0.3) is 20.8 Å². The second kappa shape index (κ2) is 15.7. The molecule has 0 atom stereocenters. The van der Waals surface area contributed by atoms with Gasteiger partial charge in [0, 0.05) is 44.0 Å². The summed E-state index contributed by atoms with van der Waals surface area (Å²) in [6.45, 7) is 18.4. The van der Waals surface area contributed by atoms with Crippen LogP contribution in [0.5, 0.6) is 0 Å². The van der Waals surface area contributed by atoms with Gasteiger partial charge < -0.3 is 20.3 Å². The fourth-order valence-corrected chi connectivity index (χ4v) is 4.61. The van der Waals surface area contributed by atoms with Gasteiger partial charge in [-0.15, -0.1) is 11.3 Å². The summed E-state index contributed by atoms with van der Waals surface area (Å²) < 4.78 is 5.89. The fraction of sp³-hybridized carbons (Fsp3) is 0.593. The Labute approximate surface area is 215 Å². The average molecular weight is 501 g/mol. The standard InChI is InChI=1S/C22H31N5S.C3H7NO.C2H6/c1-5-11-26(8-4)21-14-19-18(16-24-21)25-22(28-19)17-9-10-20(23-15-17)27(12-6-2)13-7-3;4-3-1-5-2-3;1-2/h9-10,14-16H,5-8,11-13H2,1-4H3;3H,1-2,4H2;1-2H3. The number of rotatable bonds is 10. The Kier molecular flexibility index (Phi) is 12.9. The normalized spacial score (nSPS) is 12.8. The number of thiazole rings is 1. The van der Waals surface area contributed by atoms with Gasteiger partial charge in [-0.3, -0.25) is 0 Å². The molecule has 4 rings (SSSR count). The lowest BCUT2D eigenvalue weighted by Crippen LogP contribution is -2.41. The van der Waals surface area contributed by atoms with E-state index < -0.39 is 0 Å². The van der Waals surface area contributed by atoms with Crippen LogP contribution in [0.15, 0.2) is 30.6 Å². The van der Waals surface area contributed by atoms with Gasteiger partial charge in [-0.25, -0.2) is 15.0 Å². The smallest absolute Gasteiger partial charge is 0.130 e. The highest BCUT2D eigenvalue weighted by atomic mass is 32.1. The summed E-state index contributed by atoms with van der Waals surface area (Å²) >= 11 is 1.71. The molecule has 35 heavy (non-hydrogen) atoms. The van der Waals surface area contributed by atoms with Crippen LogP contribution >= 0.6 is 11.3 Å². The number of aromatic nitrogens is 3. The number of nitrogens with two attached hydrogens (primary N) is 1. The third kappa shape index (κ3) is 8.40. The van der Waals surface area contributed by atoms with Crippen molar-refractivity contribution in [2.75, 3.05) is 49.2 Å². The molecule has 4 heterocycles. The predicted molar refractivity (Wildman–Crippen MR) is 152 cm³/mol. The number of hydrogen-bond donors (Lipinski definition) is 1. The van der Waals surface area contributed by atoms with Crippen molar-refractivity contribution in [1.29, 1.82) is 0 Å². The van der Waals surface area contributed by atoms with E-state index in [4.69, 9.17) is 20.4 Å². The molecule has 194 valence electrons. The first-order chi connectivity index (χ1) is 17.1. The lowest BCUT2D eigenvalue weighted by molar-refractivity contribution is 0.0121. The molecule has 0 spiro atoms. The zero-order valence-electron chi connectivity index (χ0n) is 22.5. The zero-order chi connectivity index (χ0) is 25.6. The van der Waals surface area contributed by atoms with Crippen molar-refractivity contribution in [2.24, 2.45) is 5.73 Å². The molecular formula is C27H44N6OS. The molecule has 0 saturated carbocycles. The minimum Gasteiger partial charge on any atom is -0.378 e. The van der Waals surface area contributed by atoms with Gasteiger partial charge in [-0.1, -0.05) is 34.6 Å². The SMILES string of the molecule is CC.CCCN(CC)c1cc2sc(-c3ccc(N(CCC)CCC)nc3)nc2cn1.NC1COC1. The minimum absolute atomic E-state index is 0.343. The Bertz CT molecular complexity index is 967. The molecule has 0 bridgehead atoms. The van der Waals surface area contributed by atoms with Crippen LogP contribution in [0.3, 0.4) is 0 Å². The van der Waals surface area contributed by atoms with Gasteiger partial charge in [-0.2, -0.15) is 0 Å². The lowest BCUT2D eigenvalue weighted by atomic mass is 10.2. The van der Waals surface area contributed by atoms with Crippen LogP contribution in [0.1, 0.15) is 60.8 Å². The van der Waals surface area contributed by atoms with E-state index in [9.17, 15) is 0 Å². The summed E-state index contributed by atoms with van der Waals surface area (Å²) in [7, 11) is 0.